The van der Waals surface area contributed by atoms with Crippen molar-refractivity contribution in [1.82, 2.24) is 20.3 Å². The molecule has 5 rings (SSSR count). The summed E-state index contributed by atoms with van der Waals surface area (Å²) >= 11 is 0. The molecule has 5 N–H and O–H groups in total. The van der Waals surface area contributed by atoms with Gasteiger partial charge in [-0.1, -0.05) is 36.9 Å². The Labute approximate surface area is 208 Å². The zero-order chi connectivity index (χ0) is 24.9. The normalized spacial score (nSPS) is 17.5. The maximum absolute atomic E-state index is 11.7. The van der Waals surface area contributed by atoms with Crippen molar-refractivity contribution in [1.29, 1.82) is 0 Å². The number of benzene rings is 2. The van der Waals surface area contributed by atoms with Crippen molar-refractivity contribution < 1.29 is 9.53 Å². The van der Waals surface area contributed by atoms with Crippen molar-refractivity contribution in [2.75, 3.05) is 30.3 Å². The minimum atomic E-state index is -0.283. The van der Waals surface area contributed by atoms with Crippen LogP contribution < -0.4 is 21.7 Å². The first-order chi connectivity index (χ1) is 17.6. The lowest BCUT2D eigenvalue weighted by atomic mass is 10.0. The molecule has 0 aliphatic carbocycles. The molecule has 2 aromatic carbocycles. The second kappa shape index (κ2) is 10.6. The number of rotatable bonds is 7. The lowest BCUT2D eigenvalue weighted by molar-refractivity contribution is -0.111. The number of carbonyl (C=O) groups is 1. The van der Waals surface area contributed by atoms with E-state index in [9.17, 15) is 4.79 Å². The third-order valence-corrected chi connectivity index (χ3v) is 6.02. The quantitative estimate of drug-likeness (QED) is 0.295. The highest BCUT2D eigenvalue weighted by Crippen LogP contribution is 2.29. The van der Waals surface area contributed by atoms with Gasteiger partial charge in [-0.3, -0.25) is 9.78 Å². The Morgan fingerprint density at radius 1 is 1.17 bits per heavy atom. The van der Waals surface area contributed by atoms with Crippen LogP contribution in [0.15, 0.2) is 79.6 Å². The zero-order valence-corrected chi connectivity index (χ0v) is 19.6. The second-order valence-electron chi connectivity index (χ2n) is 8.39. The molecule has 9 heteroatoms. The molecule has 3 heterocycles. The third kappa shape index (κ3) is 5.08. The maximum Gasteiger partial charge on any atom is 0.247 e. The monoisotopic (exact) mass is 481 g/mol. The Kier molecular flexibility index (Phi) is 6.94. The van der Waals surface area contributed by atoms with Gasteiger partial charge in [-0.2, -0.15) is 0 Å². The fraction of sp³-hybridized carbons (Fsp3) is 0.185. The van der Waals surface area contributed by atoms with E-state index in [0.717, 1.165) is 34.3 Å². The van der Waals surface area contributed by atoms with Crippen molar-refractivity contribution in [3.05, 3.63) is 85.2 Å². The summed E-state index contributed by atoms with van der Waals surface area (Å²) in [4.78, 5) is 25.5. The van der Waals surface area contributed by atoms with Crippen molar-refractivity contribution >= 4 is 34.1 Å². The summed E-state index contributed by atoms with van der Waals surface area (Å²) in [5.41, 5.74) is 10.7. The number of pyridine rings is 1. The van der Waals surface area contributed by atoms with Crippen LogP contribution in [0, 0.1) is 0 Å². The average Bonchev–Trinajstić information content (AvgIpc) is 2.93. The molecular weight excluding hydrogens is 454 g/mol. The largest absolute Gasteiger partial charge is 0.371 e. The predicted octanol–water partition coefficient (Wildman–Crippen LogP) is 3.55. The van der Waals surface area contributed by atoms with Crippen LogP contribution >= 0.6 is 0 Å². The average molecular weight is 482 g/mol. The molecule has 1 aliphatic heterocycles. The molecule has 1 aliphatic rings. The van der Waals surface area contributed by atoms with Crippen LogP contribution in [0.2, 0.25) is 0 Å². The van der Waals surface area contributed by atoms with Gasteiger partial charge in [0.1, 0.15) is 0 Å². The van der Waals surface area contributed by atoms with E-state index in [2.05, 4.69) is 32.5 Å². The fourth-order valence-electron chi connectivity index (χ4n) is 4.25. The summed E-state index contributed by atoms with van der Waals surface area (Å²) in [6.07, 6.45) is 4.58. The summed E-state index contributed by atoms with van der Waals surface area (Å²) in [5.74, 6) is 0.184. The van der Waals surface area contributed by atoms with Gasteiger partial charge < -0.3 is 26.4 Å². The third-order valence-electron chi connectivity index (χ3n) is 6.02. The van der Waals surface area contributed by atoms with Crippen LogP contribution in [0.4, 0.5) is 17.3 Å². The lowest BCUT2D eigenvalue weighted by Crippen LogP contribution is -2.47. The molecule has 9 nitrogen and oxygen atoms in total. The second-order valence-corrected chi connectivity index (χ2v) is 8.39. The maximum atomic E-state index is 11.7. The standard InChI is InChI=1S/C27H27N7O2/c1-2-24(35)32-20-10-11-29-22(14-20)21-5-3-4-18-16-31-27(34-25(18)21)33-19-8-6-17(7-9-19)26-23(15-28)30-12-13-36-26/h2-11,14,16,23,26,30H,1,12-13,15,28H2,(H,29,32,35)(H,31,33,34)/t23?,26-/m0/s1. The van der Waals surface area contributed by atoms with Gasteiger partial charge >= 0.3 is 0 Å². The summed E-state index contributed by atoms with van der Waals surface area (Å²) in [6.45, 7) is 5.47. The number of ether oxygens (including phenoxy) is 1. The Balaban J connectivity index is 1.40. The van der Waals surface area contributed by atoms with Crippen molar-refractivity contribution in [3.63, 3.8) is 0 Å². The van der Waals surface area contributed by atoms with Crippen LogP contribution in [-0.4, -0.2) is 46.6 Å². The number of anilines is 3. The van der Waals surface area contributed by atoms with Gasteiger partial charge in [-0.05, 0) is 35.9 Å². The van der Waals surface area contributed by atoms with Gasteiger partial charge in [0.2, 0.25) is 11.9 Å². The van der Waals surface area contributed by atoms with E-state index < -0.39 is 0 Å². The molecule has 2 aromatic heterocycles. The van der Waals surface area contributed by atoms with E-state index in [1.54, 1.807) is 24.5 Å². The number of nitrogens with zero attached hydrogens (tertiary/aromatic N) is 3. The highest BCUT2D eigenvalue weighted by molar-refractivity contribution is 5.99. The molecule has 4 aromatic rings. The van der Waals surface area contributed by atoms with Crippen LogP contribution in [0.1, 0.15) is 11.7 Å². The minimum absolute atomic E-state index is 0.0724. The number of hydrogen-bond acceptors (Lipinski definition) is 8. The topological polar surface area (TPSA) is 127 Å². The number of hydrogen-bond donors (Lipinski definition) is 4. The predicted molar refractivity (Wildman–Crippen MR) is 141 cm³/mol. The van der Waals surface area contributed by atoms with Gasteiger partial charge in [-0.25, -0.2) is 9.97 Å². The molecule has 1 saturated heterocycles. The van der Waals surface area contributed by atoms with E-state index in [4.69, 9.17) is 15.5 Å². The summed E-state index contributed by atoms with van der Waals surface area (Å²) in [7, 11) is 0. The van der Waals surface area contributed by atoms with Gasteiger partial charge in [0, 0.05) is 53.8 Å². The van der Waals surface area contributed by atoms with Crippen LogP contribution in [0.25, 0.3) is 22.2 Å². The van der Waals surface area contributed by atoms with Crippen molar-refractivity contribution in [3.8, 4) is 11.3 Å². The van der Waals surface area contributed by atoms with Crippen LogP contribution in [-0.2, 0) is 9.53 Å². The van der Waals surface area contributed by atoms with Gasteiger partial charge in [0.05, 0.1) is 23.9 Å². The number of aromatic nitrogens is 3. The first-order valence-corrected chi connectivity index (χ1v) is 11.7. The minimum Gasteiger partial charge on any atom is -0.371 e. The Bertz CT molecular complexity index is 1390. The molecule has 1 amide bonds. The molecule has 0 radical (unpaired) electrons. The number of carbonyl (C=O) groups excluding carboxylic acids is 1. The van der Waals surface area contributed by atoms with Crippen LogP contribution in [0.5, 0.6) is 0 Å². The lowest BCUT2D eigenvalue weighted by Gasteiger charge is -2.32. The van der Waals surface area contributed by atoms with Gasteiger partial charge in [-0.15, -0.1) is 0 Å². The molecule has 0 spiro atoms. The fourth-order valence-corrected chi connectivity index (χ4v) is 4.25. The molecular formula is C27H27N7O2. The Morgan fingerprint density at radius 2 is 2.03 bits per heavy atom. The highest BCUT2D eigenvalue weighted by Gasteiger charge is 2.25. The Morgan fingerprint density at radius 3 is 2.83 bits per heavy atom. The van der Waals surface area contributed by atoms with E-state index in [1.165, 1.54) is 6.08 Å². The molecule has 1 unspecified atom stereocenters. The summed E-state index contributed by atoms with van der Waals surface area (Å²) in [5, 5.41) is 10.3. The number of nitrogens with two attached hydrogens (primary N) is 1. The summed E-state index contributed by atoms with van der Waals surface area (Å²) < 4.78 is 5.94. The smallest absolute Gasteiger partial charge is 0.247 e. The first-order valence-electron chi connectivity index (χ1n) is 11.7. The number of para-hydroxylation sites is 1. The number of morpholine rings is 1. The first kappa shape index (κ1) is 23.6. The molecule has 36 heavy (non-hydrogen) atoms. The molecule has 1 fully saturated rings. The van der Waals surface area contributed by atoms with Crippen molar-refractivity contribution in [2.24, 2.45) is 5.73 Å². The number of nitrogens with one attached hydrogen (secondary N) is 3. The molecule has 0 saturated carbocycles. The van der Waals surface area contributed by atoms with Gasteiger partial charge in [0.15, 0.2) is 0 Å². The summed E-state index contributed by atoms with van der Waals surface area (Å²) in [6, 6.07) is 17.5. The van der Waals surface area contributed by atoms with E-state index in [1.807, 2.05) is 42.5 Å². The SMILES string of the molecule is C=CC(=O)Nc1ccnc(-c2cccc3cnc(Nc4ccc([C@@H]5OCCNC5CN)cc4)nc23)c1. The molecule has 2 atom stereocenters. The van der Waals surface area contributed by atoms with Gasteiger partial charge in [0.25, 0.3) is 0 Å². The molecule has 0 bridgehead atoms. The zero-order valence-electron chi connectivity index (χ0n) is 19.6. The van der Waals surface area contributed by atoms with E-state index in [-0.39, 0.29) is 18.1 Å². The van der Waals surface area contributed by atoms with E-state index in [0.29, 0.717) is 30.5 Å². The van der Waals surface area contributed by atoms with Crippen LogP contribution in [0.3, 0.4) is 0 Å². The molecule has 182 valence electrons. The number of fused-ring (bicyclic) bond motifs is 1. The Hall–Kier alpha value is -4.18. The van der Waals surface area contributed by atoms with E-state index >= 15 is 0 Å². The highest BCUT2D eigenvalue weighted by atomic mass is 16.5. The number of amides is 1. The van der Waals surface area contributed by atoms with Crippen molar-refractivity contribution in [2.45, 2.75) is 12.1 Å².